The van der Waals surface area contributed by atoms with Gasteiger partial charge in [-0.15, -0.1) is 0 Å². The molecule has 1 fully saturated rings. The first-order chi connectivity index (χ1) is 21.2. The molecule has 0 saturated heterocycles. The quantitative estimate of drug-likeness (QED) is 0.177. The number of urea groups is 2. The van der Waals surface area contributed by atoms with Gasteiger partial charge < -0.3 is 21.3 Å². The molecule has 12 nitrogen and oxygen atoms in total. The number of nitrogens with one attached hydrogen (secondary N) is 5. The van der Waals surface area contributed by atoms with Gasteiger partial charge in [-0.25, -0.2) is 22.7 Å². The Morgan fingerprint density at radius 3 is 2.09 bits per heavy atom. The molecular weight excluding hydrogens is 580 g/mol. The summed E-state index contributed by atoms with van der Waals surface area (Å²) in [5.41, 5.74) is 3.18. The van der Waals surface area contributed by atoms with E-state index in [1.54, 1.807) is 48.9 Å². The van der Waals surface area contributed by atoms with Gasteiger partial charge >= 0.3 is 12.1 Å². The van der Waals surface area contributed by atoms with Gasteiger partial charge in [-0.2, -0.15) is 0 Å². The number of hydrogen-bond acceptors (Lipinski definition) is 7. The van der Waals surface area contributed by atoms with Crippen LogP contribution in [0.15, 0.2) is 72.3 Å². The number of hydrogen-bond donors (Lipinski definition) is 5. The molecule has 1 aromatic carbocycles. The molecule has 0 aliphatic heterocycles. The Morgan fingerprint density at radius 2 is 1.52 bits per heavy atom. The zero-order valence-corrected chi connectivity index (χ0v) is 25.2. The standard InChI is InChI=1S/C31H34N8O4S/c1-18(2)14-35-44(42,43)28-12-23-26(38-30(40)36-20-5-3-9-32-15-20)13-27(39-31(41)37-21-6-4-10-33-16-21)29(23)24-17-34-25(11-22(24)28)19-7-8-19/h3-6,9-12,15-19,26-27,35H,7-8,13-14H2,1-2H3,(H2,36,38,40)(H2,37,39,41)/t26-,27+/m1/s1. The number of fused-ring (bicyclic) bond motifs is 3. The molecule has 2 aliphatic rings. The van der Waals surface area contributed by atoms with E-state index in [1.165, 1.54) is 12.4 Å². The van der Waals surface area contributed by atoms with Gasteiger partial charge in [0.25, 0.3) is 0 Å². The Bertz CT molecular complexity index is 1800. The van der Waals surface area contributed by atoms with E-state index in [2.05, 4.69) is 36.0 Å². The number of amides is 4. The maximum absolute atomic E-state index is 13.8. The molecule has 0 radical (unpaired) electrons. The fraction of sp³-hybridized carbons (Fsp3) is 0.323. The van der Waals surface area contributed by atoms with E-state index in [0.29, 0.717) is 45.6 Å². The van der Waals surface area contributed by atoms with Crippen LogP contribution in [0.25, 0.3) is 10.8 Å². The third kappa shape index (κ3) is 6.48. The fourth-order valence-electron chi connectivity index (χ4n) is 5.47. The van der Waals surface area contributed by atoms with Crippen LogP contribution < -0.4 is 26.0 Å². The average Bonchev–Trinajstić information content (AvgIpc) is 3.80. The van der Waals surface area contributed by atoms with Gasteiger partial charge in [0, 0.05) is 47.5 Å². The number of benzene rings is 1. The van der Waals surface area contributed by atoms with Crippen LogP contribution in [0.4, 0.5) is 21.0 Å². The summed E-state index contributed by atoms with van der Waals surface area (Å²) < 4.78 is 30.3. The molecule has 13 heteroatoms. The zero-order valence-electron chi connectivity index (χ0n) is 24.4. The normalized spacial score (nSPS) is 17.7. The van der Waals surface area contributed by atoms with E-state index in [1.807, 2.05) is 19.9 Å². The molecule has 0 spiro atoms. The second-order valence-electron chi connectivity index (χ2n) is 11.6. The Labute approximate surface area is 255 Å². The van der Waals surface area contributed by atoms with Crippen molar-refractivity contribution >= 4 is 44.2 Å². The Hall–Kier alpha value is -4.62. The molecule has 4 amide bonds. The van der Waals surface area contributed by atoms with Crippen molar-refractivity contribution in [2.45, 2.75) is 56.0 Å². The second kappa shape index (κ2) is 12.2. The van der Waals surface area contributed by atoms with Gasteiger partial charge in [-0.05, 0) is 72.7 Å². The fourth-order valence-corrected chi connectivity index (χ4v) is 6.92. The number of carbonyl (C=O) groups excluding carboxylic acids is 2. The first kappa shape index (κ1) is 29.5. The highest BCUT2D eigenvalue weighted by Crippen LogP contribution is 2.46. The van der Waals surface area contributed by atoms with Crippen molar-refractivity contribution in [1.29, 1.82) is 0 Å². The second-order valence-corrected chi connectivity index (χ2v) is 13.3. The van der Waals surface area contributed by atoms with Crippen molar-refractivity contribution in [1.82, 2.24) is 30.3 Å². The number of rotatable bonds is 9. The Morgan fingerprint density at radius 1 is 0.886 bits per heavy atom. The number of anilines is 2. The minimum atomic E-state index is -3.93. The topological polar surface area (TPSA) is 167 Å². The molecule has 6 rings (SSSR count). The van der Waals surface area contributed by atoms with E-state index in [-0.39, 0.29) is 17.4 Å². The number of pyridine rings is 3. The molecule has 1 saturated carbocycles. The lowest BCUT2D eigenvalue weighted by atomic mass is 9.98. The van der Waals surface area contributed by atoms with Crippen molar-refractivity contribution in [2.24, 2.45) is 5.92 Å². The van der Waals surface area contributed by atoms with Crippen LogP contribution in [0.5, 0.6) is 0 Å². The van der Waals surface area contributed by atoms with Crippen LogP contribution in [-0.4, -0.2) is 42.0 Å². The molecule has 0 bridgehead atoms. The van der Waals surface area contributed by atoms with E-state index in [4.69, 9.17) is 4.98 Å². The smallest absolute Gasteiger partial charge is 0.319 e. The zero-order chi connectivity index (χ0) is 30.8. The lowest BCUT2D eigenvalue weighted by Gasteiger charge is -2.19. The molecule has 44 heavy (non-hydrogen) atoms. The lowest BCUT2D eigenvalue weighted by molar-refractivity contribution is 0.245. The number of sulfonamides is 1. The largest absolute Gasteiger partial charge is 0.331 e. The first-order valence-corrected chi connectivity index (χ1v) is 16.1. The maximum Gasteiger partial charge on any atom is 0.319 e. The monoisotopic (exact) mass is 614 g/mol. The van der Waals surface area contributed by atoms with Gasteiger partial charge in [0.2, 0.25) is 10.0 Å². The lowest BCUT2D eigenvalue weighted by Crippen LogP contribution is -2.34. The van der Waals surface area contributed by atoms with Crippen molar-refractivity contribution in [2.75, 3.05) is 17.2 Å². The van der Waals surface area contributed by atoms with E-state index in [9.17, 15) is 18.0 Å². The van der Waals surface area contributed by atoms with Crippen LogP contribution in [0.1, 0.15) is 67.9 Å². The van der Waals surface area contributed by atoms with Gasteiger partial charge in [0.15, 0.2) is 0 Å². The number of nitrogens with zero attached hydrogens (tertiary/aromatic N) is 3. The van der Waals surface area contributed by atoms with Crippen molar-refractivity contribution in [3.63, 3.8) is 0 Å². The summed E-state index contributed by atoms with van der Waals surface area (Å²) in [7, 11) is -3.93. The Balaban J connectivity index is 1.41. The molecular formula is C31H34N8O4S. The molecule has 228 valence electrons. The van der Waals surface area contributed by atoms with Crippen LogP contribution in [0, 0.1) is 5.92 Å². The van der Waals surface area contributed by atoms with Crippen LogP contribution >= 0.6 is 0 Å². The number of carbonyl (C=O) groups is 2. The van der Waals surface area contributed by atoms with E-state index < -0.39 is 34.2 Å². The summed E-state index contributed by atoms with van der Waals surface area (Å²) in [4.78, 5) is 39.1. The van der Waals surface area contributed by atoms with Crippen LogP contribution in [0.3, 0.4) is 0 Å². The third-order valence-electron chi connectivity index (χ3n) is 7.69. The molecule has 3 heterocycles. The number of aromatic nitrogens is 3. The van der Waals surface area contributed by atoms with E-state index >= 15 is 0 Å². The van der Waals surface area contributed by atoms with Crippen LogP contribution in [-0.2, 0) is 10.0 Å². The minimum absolute atomic E-state index is 0.103. The Kier molecular flexibility index (Phi) is 8.15. The molecule has 4 aromatic rings. The predicted octanol–water partition coefficient (Wildman–Crippen LogP) is 4.97. The van der Waals surface area contributed by atoms with Gasteiger partial charge in [-0.3, -0.25) is 15.0 Å². The summed E-state index contributed by atoms with van der Waals surface area (Å²) in [6.07, 6.45) is 10.3. The first-order valence-electron chi connectivity index (χ1n) is 14.6. The van der Waals surface area contributed by atoms with Crippen LogP contribution in [0.2, 0.25) is 0 Å². The molecule has 2 aliphatic carbocycles. The summed E-state index contributed by atoms with van der Waals surface area (Å²) >= 11 is 0. The van der Waals surface area contributed by atoms with Crippen molar-refractivity contribution in [3.8, 4) is 0 Å². The average molecular weight is 615 g/mol. The summed E-state index contributed by atoms with van der Waals surface area (Å²) in [6.45, 7) is 4.15. The SMILES string of the molecule is CC(C)CNS(=O)(=O)c1cc2c(c3cnc(C4CC4)cc13)[C@@H](NC(=O)Nc1cccnc1)C[C@H]2NC(=O)Nc1cccnc1. The highest BCUT2D eigenvalue weighted by Gasteiger charge is 2.38. The van der Waals surface area contributed by atoms with Crippen molar-refractivity contribution < 1.29 is 18.0 Å². The van der Waals surface area contributed by atoms with Crippen molar-refractivity contribution in [3.05, 3.63) is 84.2 Å². The molecule has 0 unspecified atom stereocenters. The minimum Gasteiger partial charge on any atom is -0.331 e. The highest BCUT2D eigenvalue weighted by atomic mass is 32.2. The summed E-state index contributed by atoms with van der Waals surface area (Å²) in [5.74, 6) is 0.406. The molecule has 3 aromatic heterocycles. The summed E-state index contributed by atoms with van der Waals surface area (Å²) in [5, 5.41) is 12.7. The van der Waals surface area contributed by atoms with E-state index in [0.717, 1.165) is 18.5 Å². The predicted molar refractivity (Wildman–Crippen MR) is 167 cm³/mol. The molecule has 2 atom stereocenters. The molecule has 5 N–H and O–H groups in total. The highest BCUT2D eigenvalue weighted by molar-refractivity contribution is 7.89. The third-order valence-corrected chi connectivity index (χ3v) is 9.15. The van der Waals surface area contributed by atoms with Gasteiger partial charge in [0.05, 0.1) is 40.7 Å². The summed E-state index contributed by atoms with van der Waals surface area (Å²) in [6, 6.07) is 8.24. The van der Waals surface area contributed by atoms with Gasteiger partial charge in [0.1, 0.15) is 0 Å². The van der Waals surface area contributed by atoms with Gasteiger partial charge in [-0.1, -0.05) is 13.8 Å². The maximum atomic E-state index is 13.8.